The third-order valence-corrected chi connectivity index (χ3v) is 5.22. The summed E-state index contributed by atoms with van der Waals surface area (Å²) in [6, 6.07) is 3.32. The van der Waals surface area contributed by atoms with Gasteiger partial charge in [0, 0.05) is 40.5 Å². The zero-order valence-corrected chi connectivity index (χ0v) is 11.9. The van der Waals surface area contributed by atoms with E-state index in [2.05, 4.69) is 10.6 Å². The van der Waals surface area contributed by atoms with E-state index in [1.54, 1.807) is 6.07 Å². The molecule has 2 heterocycles. The molecule has 0 saturated carbocycles. The third-order valence-electron chi connectivity index (χ3n) is 3.84. The van der Waals surface area contributed by atoms with E-state index in [-0.39, 0.29) is 17.8 Å². The molecule has 1 saturated heterocycles. The molecule has 6 heteroatoms. The van der Waals surface area contributed by atoms with Gasteiger partial charge >= 0.3 is 0 Å². The van der Waals surface area contributed by atoms with Crippen molar-refractivity contribution in [3.05, 3.63) is 23.5 Å². The van der Waals surface area contributed by atoms with Gasteiger partial charge in [0.2, 0.25) is 5.91 Å². The van der Waals surface area contributed by atoms with Crippen molar-refractivity contribution in [2.24, 2.45) is 0 Å². The number of nitrogens with one attached hydrogen (secondary N) is 2. The fourth-order valence-corrected chi connectivity index (χ4v) is 3.97. The van der Waals surface area contributed by atoms with E-state index >= 15 is 0 Å². The Balaban J connectivity index is 1.78. The quantitative estimate of drug-likeness (QED) is 0.878. The molecule has 1 aromatic carbocycles. The van der Waals surface area contributed by atoms with Gasteiger partial charge in [0.25, 0.3) is 0 Å². The lowest BCUT2D eigenvalue weighted by molar-refractivity contribution is -0.116. The smallest absolute Gasteiger partial charge is 0.224 e. The predicted octanol–water partition coefficient (Wildman–Crippen LogP) is 2.03. The number of hydrogen-bond acceptors (Lipinski definition) is 3. The molecule has 0 radical (unpaired) electrons. The van der Waals surface area contributed by atoms with Crippen molar-refractivity contribution in [2.75, 3.05) is 22.1 Å². The van der Waals surface area contributed by atoms with Crippen LogP contribution in [0.2, 0.25) is 0 Å². The zero-order valence-electron chi connectivity index (χ0n) is 11.1. The lowest BCUT2D eigenvalue weighted by Gasteiger charge is -2.25. The summed E-state index contributed by atoms with van der Waals surface area (Å²) in [7, 11) is -0.722. The van der Waals surface area contributed by atoms with Crippen molar-refractivity contribution >= 4 is 28.1 Å². The first-order valence-electron chi connectivity index (χ1n) is 6.85. The molecule has 2 N–H and O–H groups in total. The first-order valence-corrected chi connectivity index (χ1v) is 8.34. The van der Waals surface area contributed by atoms with E-state index in [1.165, 1.54) is 6.07 Å². The molecule has 108 valence electrons. The van der Waals surface area contributed by atoms with Gasteiger partial charge in [-0.2, -0.15) is 0 Å². The Morgan fingerprint density at radius 2 is 2.00 bits per heavy atom. The number of rotatable bonds is 2. The van der Waals surface area contributed by atoms with Crippen LogP contribution in [0.25, 0.3) is 0 Å². The van der Waals surface area contributed by atoms with Gasteiger partial charge in [-0.05, 0) is 37.0 Å². The monoisotopic (exact) mass is 296 g/mol. The molecule has 1 fully saturated rings. The predicted molar refractivity (Wildman–Crippen MR) is 77.9 cm³/mol. The van der Waals surface area contributed by atoms with Crippen molar-refractivity contribution < 1.29 is 13.4 Å². The molecule has 1 aromatic rings. The fraction of sp³-hybridized carbons (Fsp3) is 0.500. The molecule has 1 amide bonds. The number of fused-ring (bicyclic) bond motifs is 1. The summed E-state index contributed by atoms with van der Waals surface area (Å²) in [5, 5.41) is 5.95. The normalized spacial score (nSPS) is 25.8. The van der Waals surface area contributed by atoms with Gasteiger partial charge in [-0.15, -0.1) is 0 Å². The second-order valence-electron chi connectivity index (χ2n) is 5.30. The van der Waals surface area contributed by atoms with Crippen LogP contribution >= 0.6 is 0 Å². The van der Waals surface area contributed by atoms with Gasteiger partial charge in [0.05, 0.1) is 5.69 Å². The minimum Gasteiger partial charge on any atom is -0.380 e. The standard InChI is InChI=1S/C14H17FN2O2S/c15-11-7-9-1-2-14(18)17-12(9)8-13(11)16-10-3-5-20(19)6-4-10/h7-8,10,16H,1-6H2,(H,17,18). The summed E-state index contributed by atoms with van der Waals surface area (Å²) in [6.07, 6.45) is 2.57. The van der Waals surface area contributed by atoms with Crippen LogP contribution < -0.4 is 10.6 Å². The topological polar surface area (TPSA) is 58.2 Å². The molecule has 20 heavy (non-hydrogen) atoms. The number of amides is 1. The Hall–Kier alpha value is -1.43. The van der Waals surface area contributed by atoms with Crippen molar-refractivity contribution in [3.8, 4) is 0 Å². The van der Waals surface area contributed by atoms with E-state index < -0.39 is 10.8 Å². The summed E-state index contributed by atoms with van der Waals surface area (Å²) in [5.41, 5.74) is 1.96. The van der Waals surface area contributed by atoms with Gasteiger partial charge in [0.1, 0.15) is 5.82 Å². The second-order valence-corrected chi connectivity index (χ2v) is 7.00. The highest BCUT2D eigenvalue weighted by Gasteiger charge is 2.21. The summed E-state index contributed by atoms with van der Waals surface area (Å²) in [5.74, 6) is 1.02. The molecular formula is C14H17FN2O2S. The van der Waals surface area contributed by atoms with Gasteiger partial charge in [-0.3, -0.25) is 9.00 Å². The van der Waals surface area contributed by atoms with Crippen LogP contribution in [0.1, 0.15) is 24.8 Å². The zero-order chi connectivity index (χ0) is 14.1. The SMILES string of the molecule is O=C1CCc2cc(F)c(NC3CCS(=O)CC3)cc2N1. The number of halogens is 1. The summed E-state index contributed by atoms with van der Waals surface area (Å²) >= 11 is 0. The maximum Gasteiger partial charge on any atom is 0.224 e. The summed E-state index contributed by atoms with van der Waals surface area (Å²) in [4.78, 5) is 11.4. The number of aryl methyl sites for hydroxylation is 1. The molecule has 0 spiro atoms. The lowest BCUT2D eigenvalue weighted by atomic mass is 10.0. The van der Waals surface area contributed by atoms with Gasteiger partial charge in [-0.1, -0.05) is 0 Å². The number of carbonyl (C=O) groups is 1. The third kappa shape index (κ3) is 2.85. The van der Waals surface area contributed by atoms with Crippen molar-refractivity contribution in [1.29, 1.82) is 0 Å². The Morgan fingerprint density at radius 1 is 1.25 bits per heavy atom. The number of anilines is 2. The average Bonchev–Trinajstić information content (AvgIpc) is 2.42. The van der Waals surface area contributed by atoms with Crippen molar-refractivity contribution in [3.63, 3.8) is 0 Å². The first-order chi connectivity index (χ1) is 9.61. The van der Waals surface area contributed by atoms with Crippen LogP contribution in [0.5, 0.6) is 0 Å². The molecule has 3 rings (SSSR count). The van der Waals surface area contributed by atoms with Gasteiger partial charge < -0.3 is 10.6 Å². The lowest BCUT2D eigenvalue weighted by Crippen LogP contribution is -2.30. The van der Waals surface area contributed by atoms with Crippen molar-refractivity contribution in [2.45, 2.75) is 31.7 Å². The Morgan fingerprint density at radius 3 is 2.75 bits per heavy atom. The van der Waals surface area contributed by atoms with Crippen LogP contribution in [0.15, 0.2) is 12.1 Å². The Labute approximate surface area is 119 Å². The first kappa shape index (κ1) is 13.5. The molecule has 0 aliphatic carbocycles. The minimum atomic E-state index is -0.722. The highest BCUT2D eigenvalue weighted by molar-refractivity contribution is 7.85. The van der Waals surface area contributed by atoms with E-state index in [1.807, 2.05) is 0 Å². The van der Waals surface area contributed by atoms with Gasteiger partial charge in [0.15, 0.2) is 0 Å². The molecule has 0 atom stereocenters. The number of hydrogen-bond donors (Lipinski definition) is 2. The summed E-state index contributed by atoms with van der Waals surface area (Å²) < 4.78 is 25.4. The summed E-state index contributed by atoms with van der Waals surface area (Å²) in [6.45, 7) is 0. The molecule has 2 aliphatic rings. The van der Waals surface area contributed by atoms with Crippen molar-refractivity contribution in [1.82, 2.24) is 0 Å². The fourth-order valence-electron chi connectivity index (χ4n) is 2.67. The highest BCUT2D eigenvalue weighted by Crippen LogP contribution is 2.29. The molecule has 0 aromatic heterocycles. The van der Waals surface area contributed by atoms with Crippen LogP contribution in [0, 0.1) is 5.82 Å². The largest absolute Gasteiger partial charge is 0.380 e. The van der Waals surface area contributed by atoms with Crippen LogP contribution in [0.3, 0.4) is 0 Å². The molecule has 0 unspecified atom stereocenters. The molecule has 2 aliphatic heterocycles. The van der Waals surface area contributed by atoms with E-state index in [0.29, 0.717) is 35.7 Å². The maximum absolute atomic E-state index is 14.1. The van der Waals surface area contributed by atoms with E-state index in [0.717, 1.165) is 18.4 Å². The van der Waals surface area contributed by atoms with Gasteiger partial charge in [-0.25, -0.2) is 4.39 Å². The van der Waals surface area contributed by atoms with Crippen LogP contribution in [-0.4, -0.2) is 27.7 Å². The van der Waals surface area contributed by atoms with Crippen LogP contribution in [0.4, 0.5) is 15.8 Å². The molecule has 0 bridgehead atoms. The van der Waals surface area contributed by atoms with E-state index in [9.17, 15) is 13.4 Å². The van der Waals surface area contributed by atoms with Crippen LogP contribution in [-0.2, 0) is 22.0 Å². The molecule has 4 nitrogen and oxygen atoms in total. The highest BCUT2D eigenvalue weighted by atomic mass is 32.2. The second kappa shape index (κ2) is 5.52. The minimum absolute atomic E-state index is 0.0249. The molecular weight excluding hydrogens is 279 g/mol. The van der Waals surface area contributed by atoms with E-state index in [4.69, 9.17) is 0 Å². The Kier molecular flexibility index (Phi) is 3.74. The maximum atomic E-state index is 14.1. The number of benzene rings is 1. The Bertz CT molecular complexity index is 567. The average molecular weight is 296 g/mol. The number of carbonyl (C=O) groups excluding carboxylic acids is 1.